The number of fused-ring (bicyclic) bond motifs is 1. The van der Waals surface area contributed by atoms with Crippen LogP contribution in [0.1, 0.15) is 46.8 Å². The van der Waals surface area contributed by atoms with Crippen molar-refractivity contribution in [2.75, 3.05) is 26.2 Å². The summed E-state index contributed by atoms with van der Waals surface area (Å²) in [6.07, 6.45) is 2.02. The maximum atomic E-state index is 12.4. The number of carbonyl (C=O) groups excluding carboxylic acids is 1. The van der Waals surface area contributed by atoms with E-state index in [4.69, 9.17) is 4.74 Å². The van der Waals surface area contributed by atoms with Gasteiger partial charge < -0.3 is 20.1 Å². The number of ether oxygens (including phenoxy) is 1. The summed E-state index contributed by atoms with van der Waals surface area (Å²) in [5.74, 6) is 0.200. The number of hydrogen-bond acceptors (Lipinski definition) is 7. The van der Waals surface area contributed by atoms with E-state index >= 15 is 0 Å². The molecule has 36 heavy (non-hydrogen) atoms. The monoisotopic (exact) mass is 526 g/mol. The quantitative estimate of drug-likeness (QED) is 0.548. The zero-order valence-corrected chi connectivity index (χ0v) is 21.2. The maximum absolute atomic E-state index is 12.4. The number of aliphatic hydroxyl groups is 1. The fourth-order valence-electron chi connectivity index (χ4n) is 5.01. The predicted molar refractivity (Wildman–Crippen MR) is 130 cm³/mol. The normalized spacial score (nSPS) is 21.9. The Balaban J connectivity index is 1.19. The molecule has 0 radical (unpaired) electrons. The molecule has 1 atom stereocenters. The van der Waals surface area contributed by atoms with Crippen molar-refractivity contribution < 1.29 is 27.8 Å². The molecule has 7 nitrogen and oxygen atoms in total. The highest BCUT2D eigenvalue weighted by Gasteiger charge is 2.30. The van der Waals surface area contributed by atoms with Gasteiger partial charge in [0.05, 0.1) is 17.5 Å². The van der Waals surface area contributed by atoms with Gasteiger partial charge in [0.2, 0.25) is 11.8 Å². The van der Waals surface area contributed by atoms with Gasteiger partial charge in [-0.2, -0.15) is 13.2 Å². The molecular weight excluding hydrogens is 493 g/mol. The molecule has 0 unspecified atom stereocenters. The standard InChI is InChI=1S/C25H33F3N4O3S/c1-16-29-13-20(36-16)12-23(34)30-19-5-2-18(3-6-19)22(33)14-32-10-8-17-4-7-24(31-21(17)9-11-32)35-15-25(26,27)28/h4,7,13,18-19,22,33H,2-3,5-6,8-12,14-15H2,1H3,(H,30,34)/t18-,19-,22-/m0/s1. The number of nitrogens with one attached hydrogen (secondary N) is 1. The van der Waals surface area contributed by atoms with E-state index < -0.39 is 18.9 Å². The van der Waals surface area contributed by atoms with E-state index in [0.717, 1.165) is 59.8 Å². The molecule has 3 heterocycles. The van der Waals surface area contributed by atoms with Crippen molar-refractivity contribution >= 4 is 17.2 Å². The number of nitrogens with zero attached hydrogens (tertiary/aromatic N) is 3. The zero-order valence-electron chi connectivity index (χ0n) is 20.4. The summed E-state index contributed by atoms with van der Waals surface area (Å²) >= 11 is 1.54. The van der Waals surface area contributed by atoms with Crippen LogP contribution in [0.5, 0.6) is 5.88 Å². The fourth-order valence-corrected chi connectivity index (χ4v) is 5.81. The molecule has 1 aliphatic carbocycles. The minimum Gasteiger partial charge on any atom is -0.468 e. The van der Waals surface area contributed by atoms with Crippen molar-refractivity contribution in [3.8, 4) is 5.88 Å². The van der Waals surface area contributed by atoms with Crippen LogP contribution in [0, 0.1) is 12.8 Å². The summed E-state index contributed by atoms with van der Waals surface area (Å²) in [6.45, 7) is 2.57. The molecule has 1 saturated carbocycles. The van der Waals surface area contributed by atoms with Crippen LogP contribution in [0.4, 0.5) is 13.2 Å². The Bertz CT molecular complexity index is 1020. The van der Waals surface area contributed by atoms with E-state index in [0.29, 0.717) is 25.9 Å². The van der Waals surface area contributed by atoms with Crippen molar-refractivity contribution in [3.63, 3.8) is 0 Å². The summed E-state index contributed by atoms with van der Waals surface area (Å²) in [6, 6.07) is 3.42. The first-order valence-corrected chi connectivity index (χ1v) is 13.3. The SMILES string of the molecule is Cc1ncc(CC(=O)N[C@H]2CC[C@H]([C@@H](O)CN3CCc4ccc(OCC(F)(F)F)nc4CC3)CC2)s1. The van der Waals surface area contributed by atoms with Gasteiger partial charge in [0.15, 0.2) is 6.61 Å². The van der Waals surface area contributed by atoms with Crippen LogP contribution in [0.15, 0.2) is 18.3 Å². The first-order chi connectivity index (χ1) is 17.1. The van der Waals surface area contributed by atoms with Crippen LogP contribution < -0.4 is 10.1 Å². The van der Waals surface area contributed by atoms with Crippen LogP contribution >= 0.6 is 11.3 Å². The van der Waals surface area contributed by atoms with Gasteiger partial charge in [0.25, 0.3) is 0 Å². The minimum absolute atomic E-state index is 0.00872. The molecule has 0 spiro atoms. The molecule has 11 heteroatoms. The highest BCUT2D eigenvalue weighted by molar-refractivity contribution is 7.11. The summed E-state index contributed by atoms with van der Waals surface area (Å²) in [7, 11) is 0. The molecule has 2 aliphatic rings. The van der Waals surface area contributed by atoms with E-state index in [-0.39, 0.29) is 23.7 Å². The topological polar surface area (TPSA) is 87.6 Å². The number of thiazole rings is 1. The van der Waals surface area contributed by atoms with Crippen molar-refractivity contribution in [2.24, 2.45) is 5.92 Å². The molecule has 0 bridgehead atoms. The molecule has 0 saturated heterocycles. The van der Waals surface area contributed by atoms with Crippen molar-refractivity contribution in [1.82, 2.24) is 20.2 Å². The van der Waals surface area contributed by atoms with Gasteiger partial charge in [0.1, 0.15) is 0 Å². The molecule has 2 aromatic heterocycles. The predicted octanol–water partition coefficient (Wildman–Crippen LogP) is 3.47. The van der Waals surface area contributed by atoms with Crippen molar-refractivity contribution in [3.05, 3.63) is 39.5 Å². The Kier molecular flexibility index (Phi) is 8.84. The highest BCUT2D eigenvalue weighted by atomic mass is 32.1. The van der Waals surface area contributed by atoms with Crippen LogP contribution in [-0.2, 0) is 24.1 Å². The van der Waals surface area contributed by atoms with E-state index in [9.17, 15) is 23.1 Å². The number of amides is 1. The van der Waals surface area contributed by atoms with Gasteiger partial charge in [0, 0.05) is 54.9 Å². The molecule has 1 amide bonds. The molecular formula is C25H33F3N4O3S. The molecule has 1 fully saturated rings. The number of pyridine rings is 1. The van der Waals surface area contributed by atoms with Gasteiger partial charge in [-0.05, 0) is 50.5 Å². The third-order valence-corrected chi connectivity index (χ3v) is 7.83. The number of halogens is 3. The lowest BCUT2D eigenvalue weighted by atomic mass is 9.82. The number of carbonyl (C=O) groups is 1. The van der Waals surface area contributed by atoms with Crippen molar-refractivity contribution in [1.29, 1.82) is 0 Å². The first-order valence-electron chi connectivity index (χ1n) is 12.4. The van der Waals surface area contributed by atoms with Crippen LogP contribution in [0.3, 0.4) is 0 Å². The number of rotatable bonds is 8. The Morgan fingerprint density at radius 3 is 2.69 bits per heavy atom. The Labute approximate surface area is 213 Å². The third-order valence-electron chi connectivity index (χ3n) is 6.92. The molecule has 1 aliphatic heterocycles. The van der Waals surface area contributed by atoms with Crippen LogP contribution in [-0.4, -0.2) is 70.4 Å². The molecule has 0 aromatic carbocycles. The van der Waals surface area contributed by atoms with Crippen LogP contribution in [0.2, 0.25) is 0 Å². The smallest absolute Gasteiger partial charge is 0.422 e. The summed E-state index contributed by atoms with van der Waals surface area (Å²) < 4.78 is 42.1. The van der Waals surface area contributed by atoms with Gasteiger partial charge in [-0.3, -0.25) is 4.79 Å². The third kappa shape index (κ3) is 7.88. The van der Waals surface area contributed by atoms with E-state index in [1.807, 2.05) is 6.92 Å². The van der Waals surface area contributed by atoms with Gasteiger partial charge in [-0.15, -0.1) is 11.3 Å². The number of aliphatic hydroxyl groups excluding tert-OH is 1. The van der Waals surface area contributed by atoms with E-state index in [2.05, 4.69) is 20.2 Å². The molecule has 2 N–H and O–H groups in total. The minimum atomic E-state index is -4.40. The second-order valence-electron chi connectivity index (χ2n) is 9.73. The lowest BCUT2D eigenvalue weighted by molar-refractivity contribution is -0.154. The van der Waals surface area contributed by atoms with Crippen LogP contribution in [0.25, 0.3) is 0 Å². The fraction of sp³-hybridized carbons (Fsp3) is 0.640. The maximum Gasteiger partial charge on any atom is 0.422 e. The summed E-state index contributed by atoms with van der Waals surface area (Å²) in [4.78, 5) is 24.0. The number of aryl methyl sites for hydroxylation is 1. The average molecular weight is 527 g/mol. The van der Waals surface area contributed by atoms with E-state index in [1.165, 1.54) is 17.4 Å². The number of β-amino-alcohol motifs (C(OH)–C–C–N with tert-alkyl or cyclic N) is 1. The number of hydrogen-bond donors (Lipinski definition) is 2. The Hall–Kier alpha value is -2.24. The zero-order chi connectivity index (χ0) is 25.7. The van der Waals surface area contributed by atoms with E-state index in [1.54, 1.807) is 12.3 Å². The average Bonchev–Trinajstić information content (AvgIpc) is 3.12. The lowest BCUT2D eigenvalue weighted by Gasteiger charge is -2.34. The Morgan fingerprint density at radius 1 is 1.25 bits per heavy atom. The molecule has 198 valence electrons. The van der Waals surface area contributed by atoms with Gasteiger partial charge >= 0.3 is 6.18 Å². The summed E-state index contributed by atoms with van der Waals surface area (Å²) in [5, 5.41) is 15.0. The van der Waals surface area contributed by atoms with Gasteiger partial charge in [-0.1, -0.05) is 6.07 Å². The number of alkyl halides is 3. The van der Waals surface area contributed by atoms with Crippen molar-refractivity contribution in [2.45, 2.75) is 70.2 Å². The molecule has 4 rings (SSSR count). The second-order valence-corrected chi connectivity index (χ2v) is 11.0. The highest BCUT2D eigenvalue weighted by Crippen LogP contribution is 2.28. The lowest BCUT2D eigenvalue weighted by Crippen LogP contribution is -2.43. The first kappa shape index (κ1) is 26.8. The summed E-state index contributed by atoms with van der Waals surface area (Å²) in [5.41, 5.74) is 1.77. The Morgan fingerprint density at radius 2 is 2.00 bits per heavy atom. The second kappa shape index (κ2) is 11.9. The molecule has 2 aromatic rings. The van der Waals surface area contributed by atoms with Gasteiger partial charge in [-0.25, -0.2) is 9.97 Å². The number of aromatic nitrogens is 2. The largest absolute Gasteiger partial charge is 0.468 e.